The van der Waals surface area contributed by atoms with Gasteiger partial charge in [-0.3, -0.25) is 4.79 Å². The first-order chi connectivity index (χ1) is 12.8. The van der Waals surface area contributed by atoms with Crippen LogP contribution in [0, 0.1) is 0 Å². The Hall–Kier alpha value is -1.95. The maximum absolute atomic E-state index is 12.5. The summed E-state index contributed by atoms with van der Waals surface area (Å²) < 4.78 is 11.1. The van der Waals surface area contributed by atoms with Gasteiger partial charge in [-0.05, 0) is 45.3 Å². The van der Waals surface area contributed by atoms with E-state index >= 15 is 0 Å². The number of carbonyl (C=O) groups is 1. The van der Waals surface area contributed by atoms with Crippen LogP contribution in [-0.4, -0.2) is 44.7 Å². The number of hydrogen-bond donors (Lipinski definition) is 1. The summed E-state index contributed by atoms with van der Waals surface area (Å²) in [6, 6.07) is 12.6. The first-order valence-corrected chi connectivity index (χ1v) is 9.27. The zero-order valence-corrected chi connectivity index (χ0v) is 17.3. The van der Waals surface area contributed by atoms with E-state index in [1.165, 1.54) is 0 Å². The fraction of sp³-hybridized carbons (Fsp3) is 0.350. The third-order valence-electron chi connectivity index (χ3n) is 4.16. The molecule has 0 aromatic heterocycles. The van der Waals surface area contributed by atoms with Gasteiger partial charge in [0.1, 0.15) is 11.5 Å². The number of methoxy groups -OCH3 is 1. The summed E-state index contributed by atoms with van der Waals surface area (Å²) in [5, 5.41) is 3.81. The second-order valence-corrected chi connectivity index (χ2v) is 7.14. The molecule has 1 N–H and O–H groups in total. The minimum Gasteiger partial charge on any atom is -0.496 e. The van der Waals surface area contributed by atoms with E-state index in [-0.39, 0.29) is 11.9 Å². The molecule has 2 unspecified atom stereocenters. The summed E-state index contributed by atoms with van der Waals surface area (Å²) in [5.41, 5.74) is 1.000. The predicted molar refractivity (Wildman–Crippen MR) is 109 cm³/mol. The zero-order valence-electron chi connectivity index (χ0n) is 15.8. The van der Waals surface area contributed by atoms with Crippen molar-refractivity contribution in [1.82, 2.24) is 10.2 Å². The Balaban J connectivity index is 2.03. The molecule has 1 amide bonds. The summed E-state index contributed by atoms with van der Waals surface area (Å²) >= 11 is 12.0. The third-order valence-corrected chi connectivity index (χ3v) is 4.69. The minimum atomic E-state index is -0.704. The van der Waals surface area contributed by atoms with Crippen LogP contribution in [0.1, 0.15) is 18.5 Å². The molecular formula is C20H24Cl2N2O3. The van der Waals surface area contributed by atoms with Gasteiger partial charge in [0.2, 0.25) is 0 Å². The molecule has 2 atom stereocenters. The van der Waals surface area contributed by atoms with Crippen LogP contribution >= 0.6 is 23.2 Å². The van der Waals surface area contributed by atoms with E-state index in [4.69, 9.17) is 32.7 Å². The number of para-hydroxylation sites is 1. The lowest BCUT2D eigenvalue weighted by atomic mass is 10.0. The van der Waals surface area contributed by atoms with E-state index in [0.29, 0.717) is 22.3 Å². The molecule has 5 nitrogen and oxygen atoms in total. The Morgan fingerprint density at radius 3 is 2.48 bits per heavy atom. The smallest absolute Gasteiger partial charge is 0.260 e. The number of nitrogens with one attached hydrogen (secondary N) is 1. The van der Waals surface area contributed by atoms with Crippen LogP contribution in [0.3, 0.4) is 0 Å². The molecule has 0 spiro atoms. The molecule has 0 saturated carbocycles. The molecular weight excluding hydrogens is 387 g/mol. The largest absolute Gasteiger partial charge is 0.496 e. The van der Waals surface area contributed by atoms with E-state index in [2.05, 4.69) is 5.32 Å². The number of hydrogen-bond acceptors (Lipinski definition) is 4. The van der Waals surface area contributed by atoms with Crippen molar-refractivity contribution < 1.29 is 14.3 Å². The molecule has 2 rings (SSSR count). The highest BCUT2D eigenvalue weighted by Crippen LogP contribution is 2.29. The molecule has 0 saturated heterocycles. The number of benzene rings is 2. The Kier molecular flexibility index (Phi) is 7.78. The summed E-state index contributed by atoms with van der Waals surface area (Å²) in [6.07, 6.45) is -0.704. The normalized spacial score (nSPS) is 13.1. The second kappa shape index (κ2) is 9.83. The number of carbonyl (C=O) groups excluding carboxylic acids is 1. The van der Waals surface area contributed by atoms with Gasteiger partial charge in [0.05, 0.1) is 18.2 Å². The number of halogens is 2. The Morgan fingerprint density at radius 2 is 1.85 bits per heavy atom. The standard InChI is InChI=1S/C20H24Cl2N2O3/c1-13(27-19-10-9-14(21)11-16(19)22)20(25)23-12-17(24(2)3)15-7-5-6-8-18(15)26-4/h5-11,13,17H,12H2,1-4H3,(H,23,25). The van der Waals surface area contributed by atoms with Crippen molar-refractivity contribution in [3.05, 3.63) is 58.1 Å². The first kappa shape index (κ1) is 21.4. The highest BCUT2D eigenvalue weighted by molar-refractivity contribution is 6.35. The quantitative estimate of drug-likeness (QED) is 0.708. The minimum absolute atomic E-state index is 0.0450. The van der Waals surface area contributed by atoms with Gasteiger partial charge in [0.15, 0.2) is 6.10 Å². The lowest BCUT2D eigenvalue weighted by molar-refractivity contribution is -0.127. The van der Waals surface area contributed by atoms with Gasteiger partial charge in [-0.2, -0.15) is 0 Å². The van der Waals surface area contributed by atoms with Crippen LogP contribution in [0.15, 0.2) is 42.5 Å². The van der Waals surface area contributed by atoms with Crippen LogP contribution in [0.2, 0.25) is 10.0 Å². The summed E-state index contributed by atoms with van der Waals surface area (Å²) in [6.45, 7) is 2.09. The third kappa shape index (κ3) is 5.76. The van der Waals surface area contributed by atoms with Crippen LogP contribution in [0.4, 0.5) is 0 Å². The number of ether oxygens (including phenoxy) is 2. The molecule has 0 radical (unpaired) electrons. The van der Waals surface area contributed by atoms with Gasteiger partial charge < -0.3 is 19.7 Å². The average molecular weight is 411 g/mol. The molecule has 0 aliphatic rings. The van der Waals surface area contributed by atoms with Crippen molar-refractivity contribution in [2.45, 2.75) is 19.1 Å². The fourth-order valence-corrected chi connectivity index (χ4v) is 3.12. The molecule has 0 aliphatic carbocycles. The Morgan fingerprint density at radius 1 is 1.15 bits per heavy atom. The monoisotopic (exact) mass is 410 g/mol. The summed E-state index contributed by atoms with van der Waals surface area (Å²) in [7, 11) is 5.54. The van der Waals surface area contributed by atoms with Crippen LogP contribution in [0.5, 0.6) is 11.5 Å². The van der Waals surface area contributed by atoms with Gasteiger partial charge in [0.25, 0.3) is 5.91 Å². The summed E-state index contributed by atoms with van der Waals surface area (Å²) in [5.74, 6) is 0.961. The second-order valence-electron chi connectivity index (χ2n) is 6.30. The number of rotatable bonds is 8. The molecule has 2 aromatic rings. The van der Waals surface area contributed by atoms with Gasteiger partial charge in [-0.25, -0.2) is 0 Å². The van der Waals surface area contributed by atoms with Crippen LogP contribution in [0.25, 0.3) is 0 Å². The Bertz CT molecular complexity index is 784. The summed E-state index contributed by atoms with van der Waals surface area (Å²) in [4.78, 5) is 14.5. The number of likely N-dealkylation sites (N-methyl/N-ethyl adjacent to an activating group) is 1. The SMILES string of the molecule is COc1ccccc1C(CNC(=O)C(C)Oc1ccc(Cl)cc1Cl)N(C)C. The molecule has 2 aromatic carbocycles. The first-order valence-electron chi connectivity index (χ1n) is 8.52. The topological polar surface area (TPSA) is 50.8 Å². The van der Waals surface area contributed by atoms with E-state index in [1.807, 2.05) is 43.3 Å². The molecule has 0 aliphatic heterocycles. The number of amides is 1. The maximum Gasteiger partial charge on any atom is 0.260 e. The van der Waals surface area contributed by atoms with Crippen LogP contribution < -0.4 is 14.8 Å². The van der Waals surface area contributed by atoms with Gasteiger partial charge in [-0.15, -0.1) is 0 Å². The molecule has 0 fully saturated rings. The van der Waals surface area contributed by atoms with Crippen molar-refractivity contribution in [1.29, 1.82) is 0 Å². The molecule has 0 bridgehead atoms. The van der Waals surface area contributed by atoms with Crippen molar-refractivity contribution in [3.8, 4) is 11.5 Å². The molecule has 27 heavy (non-hydrogen) atoms. The van der Waals surface area contributed by atoms with Gasteiger partial charge >= 0.3 is 0 Å². The van der Waals surface area contributed by atoms with E-state index in [1.54, 1.807) is 32.2 Å². The fourth-order valence-electron chi connectivity index (χ4n) is 2.67. The average Bonchev–Trinajstić information content (AvgIpc) is 2.64. The number of nitrogens with zero attached hydrogens (tertiary/aromatic N) is 1. The van der Waals surface area contributed by atoms with E-state index < -0.39 is 6.10 Å². The van der Waals surface area contributed by atoms with E-state index in [0.717, 1.165) is 11.3 Å². The highest BCUT2D eigenvalue weighted by Gasteiger charge is 2.22. The van der Waals surface area contributed by atoms with Gasteiger partial charge in [-0.1, -0.05) is 41.4 Å². The lowest BCUT2D eigenvalue weighted by Gasteiger charge is -2.27. The van der Waals surface area contributed by atoms with Crippen LogP contribution in [-0.2, 0) is 4.79 Å². The van der Waals surface area contributed by atoms with Crippen molar-refractivity contribution >= 4 is 29.1 Å². The van der Waals surface area contributed by atoms with Crippen molar-refractivity contribution in [3.63, 3.8) is 0 Å². The molecule has 7 heteroatoms. The molecule has 146 valence electrons. The maximum atomic E-state index is 12.5. The Labute approximate surface area is 170 Å². The lowest BCUT2D eigenvalue weighted by Crippen LogP contribution is -2.41. The predicted octanol–water partition coefficient (Wildman–Crippen LogP) is 4.19. The zero-order chi connectivity index (χ0) is 20.0. The van der Waals surface area contributed by atoms with E-state index in [9.17, 15) is 4.79 Å². The highest BCUT2D eigenvalue weighted by atomic mass is 35.5. The molecule has 0 heterocycles. The van der Waals surface area contributed by atoms with Crippen molar-refractivity contribution in [2.24, 2.45) is 0 Å². The van der Waals surface area contributed by atoms with Gasteiger partial charge in [0, 0.05) is 17.1 Å². The van der Waals surface area contributed by atoms with Crippen molar-refractivity contribution in [2.75, 3.05) is 27.7 Å².